The van der Waals surface area contributed by atoms with Gasteiger partial charge in [0.25, 0.3) is 0 Å². The molecule has 0 aromatic heterocycles. The van der Waals surface area contributed by atoms with Crippen LogP contribution in [0.1, 0.15) is 19.3 Å². The van der Waals surface area contributed by atoms with Gasteiger partial charge in [-0.1, -0.05) is 0 Å². The Hall–Kier alpha value is -2.28. The molecule has 0 unspecified atom stereocenters. The fraction of sp³-hybridized carbons (Fsp3) is 0.556. The molecule has 0 bridgehead atoms. The van der Waals surface area contributed by atoms with Crippen LogP contribution in [0.15, 0.2) is 18.2 Å². The third-order valence-electron chi connectivity index (χ3n) is 4.86. The van der Waals surface area contributed by atoms with Crippen LogP contribution in [0, 0.1) is 5.92 Å². The lowest BCUT2D eigenvalue weighted by molar-refractivity contribution is -0.126. The van der Waals surface area contributed by atoms with E-state index in [4.69, 9.17) is 14.2 Å². The zero-order valence-electron chi connectivity index (χ0n) is 14.0. The SMILES string of the molecule is O=C(NC[C@@H]1CCCO1)[C@@H]1CC(=O)N(c2ccc3c(c2)OCCO3)C1. The topological polar surface area (TPSA) is 77.1 Å². The number of ether oxygens (including phenoxy) is 3. The molecule has 1 aromatic carbocycles. The predicted molar refractivity (Wildman–Crippen MR) is 89.9 cm³/mol. The van der Waals surface area contributed by atoms with E-state index < -0.39 is 0 Å². The molecule has 7 nitrogen and oxygen atoms in total. The molecule has 3 heterocycles. The first-order chi connectivity index (χ1) is 12.2. The summed E-state index contributed by atoms with van der Waals surface area (Å²) in [5, 5.41) is 2.92. The average molecular weight is 346 g/mol. The van der Waals surface area contributed by atoms with Gasteiger partial charge in [-0.3, -0.25) is 9.59 Å². The summed E-state index contributed by atoms with van der Waals surface area (Å²) in [4.78, 5) is 26.4. The first-order valence-electron chi connectivity index (χ1n) is 8.80. The van der Waals surface area contributed by atoms with Gasteiger partial charge in [-0.25, -0.2) is 0 Å². The van der Waals surface area contributed by atoms with E-state index >= 15 is 0 Å². The fourth-order valence-corrected chi connectivity index (χ4v) is 3.50. The van der Waals surface area contributed by atoms with Gasteiger partial charge in [0.2, 0.25) is 11.8 Å². The summed E-state index contributed by atoms with van der Waals surface area (Å²) >= 11 is 0. The molecule has 0 spiro atoms. The van der Waals surface area contributed by atoms with Crippen LogP contribution < -0.4 is 19.7 Å². The van der Waals surface area contributed by atoms with Gasteiger partial charge in [0.15, 0.2) is 11.5 Å². The molecule has 134 valence electrons. The van der Waals surface area contributed by atoms with Crippen molar-refractivity contribution in [3.05, 3.63) is 18.2 Å². The van der Waals surface area contributed by atoms with E-state index in [0.717, 1.165) is 25.1 Å². The van der Waals surface area contributed by atoms with Crippen molar-refractivity contribution in [2.45, 2.75) is 25.4 Å². The van der Waals surface area contributed by atoms with Gasteiger partial charge in [-0.2, -0.15) is 0 Å². The van der Waals surface area contributed by atoms with Crippen LogP contribution in [0.25, 0.3) is 0 Å². The van der Waals surface area contributed by atoms with Crippen LogP contribution in [0.2, 0.25) is 0 Å². The quantitative estimate of drug-likeness (QED) is 0.884. The number of fused-ring (bicyclic) bond motifs is 1. The fourth-order valence-electron chi connectivity index (χ4n) is 3.50. The lowest BCUT2D eigenvalue weighted by atomic mass is 10.1. The molecule has 0 saturated carbocycles. The molecule has 0 aliphatic carbocycles. The summed E-state index contributed by atoms with van der Waals surface area (Å²) in [7, 11) is 0. The number of hydrogen-bond donors (Lipinski definition) is 1. The highest BCUT2D eigenvalue weighted by atomic mass is 16.6. The molecule has 25 heavy (non-hydrogen) atoms. The van der Waals surface area contributed by atoms with Crippen molar-refractivity contribution in [1.82, 2.24) is 5.32 Å². The van der Waals surface area contributed by atoms with E-state index in [-0.39, 0.29) is 30.3 Å². The highest BCUT2D eigenvalue weighted by molar-refractivity contribution is 6.00. The van der Waals surface area contributed by atoms with Gasteiger partial charge < -0.3 is 24.4 Å². The molecule has 2 fully saturated rings. The first-order valence-corrected chi connectivity index (χ1v) is 8.80. The van der Waals surface area contributed by atoms with E-state index in [0.29, 0.717) is 37.8 Å². The minimum absolute atomic E-state index is 0.0473. The maximum atomic E-state index is 12.4. The summed E-state index contributed by atoms with van der Waals surface area (Å²) in [6.07, 6.45) is 2.36. The minimum atomic E-state index is -0.331. The molecule has 1 aromatic rings. The number of rotatable bonds is 4. The van der Waals surface area contributed by atoms with Gasteiger partial charge in [-0.05, 0) is 25.0 Å². The van der Waals surface area contributed by atoms with Crippen LogP contribution in [0.3, 0.4) is 0 Å². The molecule has 2 saturated heterocycles. The zero-order valence-corrected chi connectivity index (χ0v) is 14.0. The van der Waals surface area contributed by atoms with E-state index in [9.17, 15) is 9.59 Å². The van der Waals surface area contributed by atoms with Crippen molar-refractivity contribution in [3.63, 3.8) is 0 Å². The average Bonchev–Trinajstić information content (AvgIpc) is 3.29. The second-order valence-electron chi connectivity index (χ2n) is 6.61. The van der Waals surface area contributed by atoms with Gasteiger partial charge in [0.05, 0.1) is 12.0 Å². The van der Waals surface area contributed by atoms with Crippen LogP contribution in [0.5, 0.6) is 11.5 Å². The number of amides is 2. The van der Waals surface area contributed by atoms with E-state index in [1.807, 2.05) is 12.1 Å². The summed E-state index contributed by atoms with van der Waals surface area (Å²) in [6, 6.07) is 5.44. The highest BCUT2D eigenvalue weighted by Gasteiger charge is 2.35. The summed E-state index contributed by atoms with van der Waals surface area (Å²) < 4.78 is 16.6. The van der Waals surface area contributed by atoms with Gasteiger partial charge in [0.1, 0.15) is 13.2 Å². The number of nitrogens with one attached hydrogen (secondary N) is 1. The van der Waals surface area contributed by atoms with E-state index in [2.05, 4.69) is 5.32 Å². The molecule has 0 radical (unpaired) electrons. The number of nitrogens with zero attached hydrogens (tertiary/aromatic N) is 1. The molecule has 4 rings (SSSR count). The van der Waals surface area contributed by atoms with Gasteiger partial charge in [0, 0.05) is 37.9 Å². The van der Waals surface area contributed by atoms with Crippen molar-refractivity contribution < 1.29 is 23.8 Å². The molecule has 2 atom stereocenters. The molecular weight excluding hydrogens is 324 g/mol. The Labute approximate surface area is 146 Å². The normalized spacial score (nSPS) is 25.3. The maximum Gasteiger partial charge on any atom is 0.227 e. The standard InChI is InChI=1S/C18H22N2O5/c21-17-8-12(18(22)19-10-14-2-1-5-23-14)11-20(17)13-3-4-15-16(9-13)25-7-6-24-15/h3-4,9,12,14H,1-2,5-8,10-11H2,(H,19,22)/t12-,14+/m1/s1. The third-order valence-corrected chi connectivity index (χ3v) is 4.86. The van der Waals surface area contributed by atoms with Crippen molar-refractivity contribution in [1.29, 1.82) is 0 Å². The highest BCUT2D eigenvalue weighted by Crippen LogP contribution is 2.35. The molecule has 3 aliphatic heterocycles. The summed E-state index contributed by atoms with van der Waals surface area (Å²) in [5.74, 6) is 0.871. The van der Waals surface area contributed by atoms with Crippen molar-refractivity contribution in [2.24, 2.45) is 5.92 Å². The maximum absolute atomic E-state index is 12.4. The largest absolute Gasteiger partial charge is 0.486 e. The third kappa shape index (κ3) is 3.42. The number of hydrogen-bond acceptors (Lipinski definition) is 5. The number of benzene rings is 1. The van der Waals surface area contributed by atoms with Crippen molar-refractivity contribution in [2.75, 3.05) is 37.8 Å². The van der Waals surface area contributed by atoms with Crippen molar-refractivity contribution >= 4 is 17.5 Å². The Morgan fingerprint density at radius 3 is 2.84 bits per heavy atom. The van der Waals surface area contributed by atoms with Crippen LogP contribution in [-0.4, -0.2) is 50.8 Å². The monoisotopic (exact) mass is 346 g/mol. The number of carbonyl (C=O) groups is 2. The van der Waals surface area contributed by atoms with E-state index in [1.165, 1.54) is 0 Å². The Morgan fingerprint density at radius 1 is 1.20 bits per heavy atom. The van der Waals surface area contributed by atoms with Gasteiger partial charge >= 0.3 is 0 Å². The van der Waals surface area contributed by atoms with Crippen LogP contribution >= 0.6 is 0 Å². The van der Waals surface area contributed by atoms with Crippen LogP contribution in [-0.2, 0) is 14.3 Å². The molecular formula is C18H22N2O5. The molecule has 3 aliphatic rings. The zero-order chi connectivity index (χ0) is 17.2. The second-order valence-corrected chi connectivity index (χ2v) is 6.61. The summed E-state index contributed by atoms with van der Waals surface area (Å²) in [5.41, 5.74) is 0.740. The lowest BCUT2D eigenvalue weighted by Crippen LogP contribution is -2.37. The Morgan fingerprint density at radius 2 is 2.04 bits per heavy atom. The minimum Gasteiger partial charge on any atom is -0.486 e. The lowest BCUT2D eigenvalue weighted by Gasteiger charge is -2.22. The number of carbonyl (C=O) groups excluding carboxylic acids is 2. The number of anilines is 1. The molecule has 1 N–H and O–H groups in total. The smallest absolute Gasteiger partial charge is 0.227 e. The predicted octanol–water partition coefficient (Wildman–Crippen LogP) is 1.11. The second kappa shape index (κ2) is 6.92. The Balaban J connectivity index is 1.39. The molecule has 7 heteroatoms. The Kier molecular flexibility index (Phi) is 4.48. The van der Waals surface area contributed by atoms with Crippen LogP contribution in [0.4, 0.5) is 5.69 Å². The van der Waals surface area contributed by atoms with Gasteiger partial charge in [-0.15, -0.1) is 0 Å². The van der Waals surface area contributed by atoms with E-state index in [1.54, 1.807) is 11.0 Å². The molecule has 2 amide bonds. The summed E-state index contributed by atoms with van der Waals surface area (Å²) in [6.45, 7) is 2.70. The Bertz CT molecular complexity index is 671. The van der Waals surface area contributed by atoms with Crippen molar-refractivity contribution in [3.8, 4) is 11.5 Å². The first kappa shape index (κ1) is 16.2.